The fraction of sp³-hybridized carbons (Fsp3) is 0.412. The number of hydrogen-bond donors (Lipinski definition) is 1. The average molecular weight is 365 g/mol. The summed E-state index contributed by atoms with van der Waals surface area (Å²) in [4.78, 5) is 21.1. The Balaban J connectivity index is 2.12. The third-order valence-corrected chi connectivity index (χ3v) is 5.42. The highest BCUT2D eigenvalue weighted by atomic mass is 32.2. The highest BCUT2D eigenvalue weighted by molar-refractivity contribution is 8.00. The van der Waals surface area contributed by atoms with E-state index in [1.54, 1.807) is 16.7 Å². The van der Waals surface area contributed by atoms with E-state index >= 15 is 0 Å². The zero-order valence-electron chi connectivity index (χ0n) is 14.6. The van der Waals surface area contributed by atoms with Gasteiger partial charge in [-0.3, -0.25) is 4.79 Å². The molecule has 0 bridgehead atoms. The second kappa shape index (κ2) is 9.05. The molecule has 1 amide bonds. The van der Waals surface area contributed by atoms with Crippen LogP contribution in [0.25, 0.3) is 0 Å². The van der Waals surface area contributed by atoms with E-state index in [-0.39, 0.29) is 5.91 Å². The Hall–Kier alpha value is -1.57. The number of para-hydroxylation sites is 1. The molecule has 24 heavy (non-hydrogen) atoms. The molecule has 2 rings (SSSR count). The van der Waals surface area contributed by atoms with Crippen LogP contribution in [0.4, 0.5) is 10.7 Å². The van der Waals surface area contributed by atoms with Crippen molar-refractivity contribution in [1.82, 2.24) is 14.8 Å². The van der Waals surface area contributed by atoms with Gasteiger partial charge in [0.25, 0.3) is 5.91 Å². The van der Waals surface area contributed by atoms with Gasteiger partial charge in [-0.2, -0.15) is 0 Å². The van der Waals surface area contributed by atoms with Gasteiger partial charge in [-0.15, -0.1) is 0 Å². The Morgan fingerprint density at radius 1 is 1.21 bits per heavy atom. The predicted octanol–water partition coefficient (Wildman–Crippen LogP) is 3.63. The molecule has 0 saturated carbocycles. The van der Waals surface area contributed by atoms with Crippen molar-refractivity contribution in [2.24, 2.45) is 0 Å². The molecule has 0 saturated heterocycles. The van der Waals surface area contributed by atoms with Crippen molar-refractivity contribution >= 4 is 39.7 Å². The van der Waals surface area contributed by atoms with Gasteiger partial charge < -0.3 is 15.1 Å². The average Bonchev–Trinajstić information content (AvgIpc) is 2.97. The number of amides is 1. The van der Waals surface area contributed by atoms with Crippen molar-refractivity contribution in [2.75, 3.05) is 45.8 Å². The summed E-state index contributed by atoms with van der Waals surface area (Å²) in [5, 5.41) is 4.13. The van der Waals surface area contributed by atoms with Crippen molar-refractivity contribution < 1.29 is 4.79 Å². The number of nitrogens with zero attached hydrogens (tertiary/aromatic N) is 3. The maximum atomic E-state index is 12.8. The van der Waals surface area contributed by atoms with E-state index in [9.17, 15) is 4.79 Å². The van der Waals surface area contributed by atoms with Crippen LogP contribution in [0.1, 0.15) is 16.9 Å². The number of carbonyl (C=O) groups is 1. The summed E-state index contributed by atoms with van der Waals surface area (Å²) in [6, 6.07) is 9.86. The van der Waals surface area contributed by atoms with Crippen LogP contribution in [0.3, 0.4) is 0 Å². The Morgan fingerprint density at radius 2 is 1.92 bits per heavy atom. The highest BCUT2D eigenvalue weighted by Gasteiger charge is 2.21. The minimum Gasteiger partial charge on any atom is -0.345 e. The topological polar surface area (TPSA) is 48.5 Å². The summed E-state index contributed by atoms with van der Waals surface area (Å²) in [6.45, 7) is 1.67. The van der Waals surface area contributed by atoms with Gasteiger partial charge >= 0.3 is 0 Å². The molecule has 7 heteroatoms. The summed E-state index contributed by atoms with van der Waals surface area (Å²) >= 11 is 3.07. The molecule has 0 fully saturated rings. The Labute approximate surface area is 152 Å². The molecular formula is C17H24N4OS2. The third-order valence-electron chi connectivity index (χ3n) is 3.46. The second-order valence-corrected chi connectivity index (χ2v) is 7.79. The summed E-state index contributed by atoms with van der Waals surface area (Å²) in [5.74, 6) is -0.0382. The lowest BCUT2D eigenvalue weighted by Gasteiger charge is -2.18. The zero-order valence-corrected chi connectivity index (χ0v) is 16.2. The number of carbonyl (C=O) groups excluding carboxylic acids is 1. The summed E-state index contributed by atoms with van der Waals surface area (Å²) in [6.07, 6.45) is 2.91. The molecule has 0 aliphatic heterocycles. The van der Waals surface area contributed by atoms with E-state index in [0.29, 0.717) is 12.2 Å². The molecule has 0 unspecified atom stereocenters. The standard InChI is InChI=1S/C17H24N4OS2/c1-20(2)11-8-12-21(3)16(22)14-15(24-17(19-14)23-4)18-13-9-6-5-7-10-13/h5-7,9-10,18H,8,11-12H2,1-4H3. The summed E-state index contributed by atoms with van der Waals surface area (Å²) in [7, 11) is 5.91. The predicted molar refractivity (Wildman–Crippen MR) is 104 cm³/mol. The van der Waals surface area contributed by atoms with Gasteiger partial charge in [-0.1, -0.05) is 41.3 Å². The molecule has 2 aromatic rings. The largest absolute Gasteiger partial charge is 0.345 e. The Kier molecular flexibility index (Phi) is 7.08. The van der Waals surface area contributed by atoms with E-state index in [1.807, 2.05) is 57.7 Å². The van der Waals surface area contributed by atoms with Gasteiger partial charge in [-0.25, -0.2) is 4.98 Å². The van der Waals surface area contributed by atoms with E-state index in [1.165, 1.54) is 11.3 Å². The normalized spacial score (nSPS) is 10.9. The summed E-state index contributed by atoms with van der Waals surface area (Å²) < 4.78 is 0.887. The minimum absolute atomic E-state index is 0.0382. The van der Waals surface area contributed by atoms with Crippen LogP contribution >= 0.6 is 23.1 Å². The van der Waals surface area contributed by atoms with Crippen LogP contribution in [0.5, 0.6) is 0 Å². The van der Waals surface area contributed by atoms with Gasteiger partial charge in [0.1, 0.15) is 5.00 Å². The maximum Gasteiger partial charge on any atom is 0.275 e. The lowest BCUT2D eigenvalue weighted by molar-refractivity contribution is 0.0786. The molecule has 0 spiro atoms. The molecule has 0 atom stereocenters. The smallest absolute Gasteiger partial charge is 0.275 e. The number of aromatic nitrogens is 1. The number of benzene rings is 1. The van der Waals surface area contributed by atoms with Crippen LogP contribution in [0.15, 0.2) is 34.7 Å². The molecule has 130 valence electrons. The van der Waals surface area contributed by atoms with E-state index < -0.39 is 0 Å². The van der Waals surface area contributed by atoms with E-state index in [0.717, 1.165) is 28.0 Å². The van der Waals surface area contributed by atoms with Crippen molar-refractivity contribution in [2.45, 2.75) is 10.8 Å². The van der Waals surface area contributed by atoms with Gasteiger partial charge in [0.05, 0.1) is 0 Å². The van der Waals surface area contributed by atoms with Crippen LogP contribution in [-0.2, 0) is 0 Å². The molecular weight excluding hydrogens is 340 g/mol. The summed E-state index contributed by atoms with van der Waals surface area (Å²) in [5.41, 5.74) is 1.46. The van der Waals surface area contributed by atoms with Crippen LogP contribution < -0.4 is 5.32 Å². The molecule has 1 N–H and O–H groups in total. The fourth-order valence-electron chi connectivity index (χ4n) is 2.18. The number of thiazole rings is 1. The minimum atomic E-state index is -0.0382. The lowest BCUT2D eigenvalue weighted by Crippen LogP contribution is -2.30. The number of thioether (sulfide) groups is 1. The van der Waals surface area contributed by atoms with Gasteiger partial charge in [-0.05, 0) is 45.4 Å². The van der Waals surface area contributed by atoms with Crippen molar-refractivity contribution in [3.63, 3.8) is 0 Å². The first-order valence-corrected chi connectivity index (χ1v) is 9.82. The van der Waals surface area contributed by atoms with Gasteiger partial charge in [0.15, 0.2) is 10.0 Å². The molecule has 1 aromatic carbocycles. The number of nitrogens with one attached hydrogen (secondary N) is 1. The lowest BCUT2D eigenvalue weighted by atomic mass is 10.3. The number of hydrogen-bond acceptors (Lipinski definition) is 6. The molecule has 5 nitrogen and oxygen atoms in total. The number of anilines is 2. The first-order valence-electron chi connectivity index (χ1n) is 7.78. The Bertz CT molecular complexity index is 658. The quantitative estimate of drug-likeness (QED) is 0.725. The molecule has 0 aliphatic rings. The first-order chi connectivity index (χ1) is 11.5. The number of rotatable bonds is 8. The molecule has 1 heterocycles. The fourth-order valence-corrected chi connectivity index (χ4v) is 3.65. The molecule has 1 aromatic heterocycles. The van der Waals surface area contributed by atoms with Crippen LogP contribution in [0.2, 0.25) is 0 Å². The third kappa shape index (κ3) is 5.22. The van der Waals surface area contributed by atoms with E-state index in [4.69, 9.17) is 0 Å². The Morgan fingerprint density at radius 3 is 2.54 bits per heavy atom. The van der Waals surface area contributed by atoms with Crippen molar-refractivity contribution in [3.05, 3.63) is 36.0 Å². The second-order valence-electron chi connectivity index (χ2n) is 5.74. The van der Waals surface area contributed by atoms with Crippen molar-refractivity contribution in [3.8, 4) is 0 Å². The van der Waals surface area contributed by atoms with Gasteiger partial charge in [0.2, 0.25) is 0 Å². The molecule has 0 aliphatic carbocycles. The van der Waals surface area contributed by atoms with Crippen LogP contribution in [-0.4, -0.2) is 61.2 Å². The SMILES string of the molecule is CSc1nc(C(=O)N(C)CCCN(C)C)c(Nc2ccccc2)s1. The van der Waals surface area contributed by atoms with Gasteiger partial charge in [0, 0.05) is 19.3 Å². The van der Waals surface area contributed by atoms with Crippen LogP contribution in [0, 0.1) is 0 Å². The monoisotopic (exact) mass is 364 g/mol. The molecule has 0 radical (unpaired) electrons. The zero-order chi connectivity index (χ0) is 17.5. The van der Waals surface area contributed by atoms with E-state index in [2.05, 4.69) is 15.2 Å². The highest BCUT2D eigenvalue weighted by Crippen LogP contribution is 2.33. The van der Waals surface area contributed by atoms with Crippen molar-refractivity contribution in [1.29, 1.82) is 0 Å². The first kappa shape index (κ1) is 18.8. The maximum absolute atomic E-state index is 12.8.